The molecule has 0 radical (unpaired) electrons. The topological polar surface area (TPSA) is 34.1 Å². The van der Waals surface area contributed by atoms with E-state index in [0.29, 0.717) is 11.6 Å². The van der Waals surface area contributed by atoms with Gasteiger partial charge in [-0.3, -0.25) is 0 Å². The highest BCUT2D eigenvalue weighted by atomic mass is 35.5. The van der Waals surface area contributed by atoms with Gasteiger partial charge in [0.05, 0.1) is 0 Å². The van der Waals surface area contributed by atoms with Gasteiger partial charge in [-0.15, -0.1) is 11.6 Å². The summed E-state index contributed by atoms with van der Waals surface area (Å²) in [5.74, 6) is 0.946. The minimum absolute atomic E-state index is 0.312. The van der Waals surface area contributed by atoms with E-state index in [2.05, 4.69) is 0 Å². The summed E-state index contributed by atoms with van der Waals surface area (Å²) < 4.78 is 19.9. The molecule has 0 fully saturated rings. The summed E-state index contributed by atoms with van der Waals surface area (Å²) >= 11 is 5.37. The van der Waals surface area contributed by atoms with Crippen molar-refractivity contribution in [3.05, 3.63) is 0 Å². The van der Waals surface area contributed by atoms with E-state index in [1.165, 1.54) is 0 Å². The van der Waals surface area contributed by atoms with E-state index in [1.54, 1.807) is 0 Å². The monoisotopic (exact) mass is 170 g/mol. The molecule has 2 nitrogen and oxygen atoms in total. The average molecular weight is 171 g/mol. The van der Waals surface area contributed by atoms with Crippen LogP contribution < -0.4 is 0 Å². The molecular weight excluding hydrogens is 160 g/mol. The third-order valence-corrected chi connectivity index (χ3v) is 1.92. The van der Waals surface area contributed by atoms with Gasteiger partial charge < -0.3 is 0 Å². The molecule has 9 heavy (non-hydrogen) atoms. The lowest BCUT2D eigenvalue weighted by molar-refractivity contribution is 0.609. The first-order valence-electron chi connectivity index (χ1n) is 2.95. The van der Waals surface area contributed by atoms with Gasteiger partial charge in [-0.2, -0.15) is 0 Å². The summed E-state index contributed by atoms with van der Waals surface area (Å²) in [4.78, 5) is 0. The molecule has 56 valence electrons. The van der Waals surface area contributed by atoms with Crippen molar-refractivity contribution in [3.63, 3.8) is 0 Å². The van der Waals surface area contributed by atoms with E-state index >= 15 is 0 Å². The number of halogens is 1. The van der Waals surface area contributed by atoms with E-state index in [0.717, 1.165) is 19.3 Å². The fourth-order valence-corrected chi connectivity index (χ4v) is 1.18. The second-order valence-corrected chi connectivity index (χ2v) is 3.30. The third-order valence-electron chi connectivity index (χ3n) is 0.974. The Hall–Kier alpha value is 0.240. The molecule has 0 aliphatic heterocycles. The van der Waals surface area contributed by atoms with Crippen LogP contribution in [0.25, 0.3) is 0 Å². The van der Waals surface area contributed by atoms with Crippen molar-refractivity contribution >= 4 is 22.3 Å². The van der Waals surface area contributed by atoms with Gasteiger partial charge >= 0.3 is 0 Å². The minimum atomic E-state index is -2.16. The van der Waals surface area contributed by atoms with E-state index < -0.39 is 10.7 Å². The fraction of sp³-hybridized carbons (Fsp3) is 1.00. The molecule has 4 heteroatoms. The maximum absolute atomic E-state index is 9.97. The van der Waals surface area contributed by atoms with E-state index in [-0.39, 0.29) is 0 Å². The van der Waals surface area contributed by atoms with Crippen molar-refractivity contribution in [2.45, 2.75) is 19.3 Å². The first-order valence-corrected chi connectivity index (χ1v) is 4.85. The molecule has 0 N–H and O–H groups in total. The van der Waals surface area contributed by atoms with Gasteiger partial charge in [0, 0.05) is 11.6 Å². The molecule has 0 unspecified atom stereocenters. The molecule has 0 saturated heterocycles. The molecule has 0 aliphatic carbocycles. The number of rotatable bonds is 5. The summed E-state index contributed by atoms with van der Waals surface area (Å²) in [5.41, 5.74) is 0. The van der Waals surface area contributed by atoms with Gasteiger partial charge in [-0.05, 0) is 12.8 Å². The van der Waals surface area contributed by atoms with Crippen LogP contribution in [0.5, 0.6) is 0 Å². The summed E-state index contributed by atoms with van der Waals surface area (Å²) in [5, 5.41) is 0. The standard InChI is InChI=1S/C5H11ClO2S/c6-4-2-1-3-5-9(7)8/h9H,1-5H2. The van der Waals surface area contributed by atoms with Gasteiger partial charge in [0.1, 0.15) is 10.7 Å². The number of hydrogen-bond acceptors (Lipinski definition) is 2. The van der Waals surface area contributed by atoms with Gasteiger partial charge in [0.2, 0.25) is 0 Å². The maximum Gasteiger partial charge on any atom is 0.140 e. The Morgan fingerprint density at radius 1 is 1.11 bits per heavy atom. The highest BCUT2D eigenvalue weighted by Gasteiger charge is 1.88. The molecule has 0 aliphatic rings. The van der Waals surface area contributed by atoms with Crippen molar-refractivity contribution in [1.82, 2.24) is 0 Å². The molecule has 0 rings (SSSR count). The van der Waals surface area contributed by atoms with Crippen molar-refractivity contribution in [3.8, 4) is 0 Å². The SMILES string of the molecule is O=[SH](=O)CCCCCCl. The molecule has 0 atom stereocenters. The summed E-state index contributed by atoms with van der Waals surface area (Å²) in [6, 6.07) is 0. The van der Waals surface area contributed by atoms with Crippen LogP contribution in [0.3, 0.4) is 0 Å². The molecule has 0 spiro atoms. The Labute approximate surface area is 62.2 Å². The molecule has 0 saturated carbocycles. The van der Waals surface area contributed by atoms with Crippen molar-refractivity contribution in [1.29, 1.82) is 0 Å². The summed E-state index contributed by atoms with van der Waals surface area (Å²) in [6.07, 6.45) is 2.60. The Morgan fingerprint density at radius 2 is 1.78 bits per heavy atom. The van der Waals surface area contributed by atoms with Crippen LogP contribution in [0.1, 0.15) is 19.3 Å². The summed E-state index contributed by atoms with van der Waals surface area (Å²) in [7, 11) is -2.16. The zero-order chi connectivity index (χ0) is 7.11. The average Bonchev–Trinajstić information content (AvgIpc) is 1.80. The van der Waals surface area contributed by atoms with Crippen molar-refractivity contribution in [2.24, 2.45) is 0 Å². The smallest absolute Gasteiger partial charge is 0.140 e. The molecule has 0 heterocycles. The van der Waals surface area contributed by atoms with Gasteiger partial charge in [-0.25, -0.2) is 8.42 Å². The zero-order valence-electron chi connectivity index (χ0n) is 5.18. The van der Waals surface area contributed by atoms with Crippen LogP contribution in [-0.4, -0.2) is 20.1 Å². The Kier molecular flexibility index (Phi) is 6.53. The highest BCUT2D eigenvalue weighted by molar-refractivity contribution is 7.72. The van der Waals surface area contributed by atoms with Crippen LogP contribution in [0.15, 0.2) is 0 Å². The highest BCUT2D eigenvalue weighted by Crippen LogP contribution is 1.96. The number of thiol groups is 1. The van der Waals surface area contributed by atoms with Crippen molar-refractivity contribution < 1.29 is 8.42 Å². The van der Waals surface area contributed by atoms with Crippen LogP contribution in [-0.2, 0) is 10.7 Å². The maximum atomic E-state index is 9.97. The Morgan fingerprint density at radius 3 is 2.22 bits per heavy atom. The molecular formula is C5H11ClO2S. The quantitative estimate of drug-likeness (QED) is 0.380. The number of unbranched alkanes of at least 4 members (excludes halogenated alkanes) is 2. The van der Waals surface area contributed by atoms with Crippen LogP contribution in [0.4, 0.5) is 0 Å². The largest absolute Gasteiger partial charge is 0.232 e. The molecule has 0 aromatic carbocycles. The van der Waals surface area contributed by atoms with Crippen LogP contribution >= 0.6 is 11.6 Å². The molecule has 0 aromatic rings. The third kappa shape index (κ3) is 8.24. The van der Waals surface area contributed by atoms with Gasteiger partial charge in [-0.1, -0.05) is 6.42 Å². The minimum Gasteiger partial charge on any atom is -0.232 e. The van der Waals surface area contributed by atoms with Crippen LogP contribution in [0.2, 0.25) is 0 Å². The van der Waals surface area contributed by atoms with E-state index in [4.69, 9.17) is 11.6 Å². The lowest BCUT2D eigenvalue weighted by Crippen LogP contribution is -1.87. The fourth-order valence-electron chi connectivity index (χ4n) is 0.512. The first-order chi connectivity index (χ1) is 4.27. The number of alkyl halides is 1. The zero-order valence-corrected chi connectivity index (χ0v) is 6.83. The summed E-state index contributed by atoms with van der Waals surface area (Å²) in [6.45, 7) is 0. The van der Waals surface area contributed by atoms with E-state index in [1.807, 2.05) is 0 Å². The lowest BCUT2D eigenvalue weighted by Gasteiger charge is -1.89. The predicted octanol–water partition coefficient (Wildman–Crippen LogP) is 1.01. The van der Waals surface area contributed by atoms with Crippen molar-refractivity contribution in [2.75, 3.05) is 11.6 Å². The normalized spacial score (nSPS) is 10.4. The Bertz CT molecular complexity index is 114. The van der Waals surface area contributed by atoms with Gasteiger partial charge in [0.25, 0.3) is 0 Å². The van der Waals surface area contributed by atoms with Crippen LogP contribution in [0, 0.1) is 0 Å². The Balaban J connectivity index is 2.92. The van der Waals surface area contributed by atoms with E-state index in [9.17, 15) is 8.42 Å². The second kappa shape index (κ2) is 6.36. The predicted molar refractivity (Wildman–Crippen MR) is 39.8 cm³/mol. The lowest BCUT2D eigenvalue weighted by atomic mass is 10.3. The molecule has 0 aromatic heterocycles. The first kappa shape index (κ1) is 9.24. The molecule has 0 bridgehead atoms. The number of hydrogen-bond donors (Lipinski definition) is 1. The molecule has 0 amide bonds. The van der Waals surface area contributed by atoms with Gasteiger partial charge in [0.15, 0.2) is 0 Å². The second-order valence-electron chi connectivity index (χ2n) is 1.81.